The van der Waals surface area contributed by atoms with Crippen LogP contribution >= 0.6 is 0 Å². The summed E-state index contributed by atoms with van der Waals surface area (Å²) in [6, 6.07) is 0. The van der Waals surface area contributed by atoms with Gasteiger partial charge in [0.05, 0.1) is 0 Å². The predicted molar refractivity (Wildman–Crippen MR) is 47.3 cm³/mol. The van der Waals surface area contributed by atoms with E-state index in [-0.39, 0.29) is 0 Å². The maximum atomic E-state index is 3.89. The average Bonchev–Trinajstić information content (AvgIpc) is 1.97. The number of nitrogens with zero attached hydrogens (tertiary/aromatic N) is 1. The summed E-state index contributed by atoms with van der Waals surface area (Å²) in [4.78, 5) is 3.89. The van der Waals surface area contributed by atoms with Crippen LogP contribution in [0.25, 0.3) is 0 Å². The monoisotopic (exact) mass is 135 g/mol. The van der Waals surface area contributed by atoms with Crippen LogP contribution in [-0.4, -0.2) is 6.21 Å². The summed E-state index contributed by atoms with van der Waals surface area (Å²) < 4.78 is 0. The molecule has 0 atom stereocenters. The van der Waals surface area contributed by atoms with Gasteiger partial charge in [0.15, 0.2) is 0 Å². The van der Waals surface area contributed by atoms with Crippen molar-refractivity contribution in [2.24, 2.45) is 4.99 Å². The van der Waals surface area contributed by atoms with Gasteiger partial charge < -0.3 is 0 Å². The first-order valence-electron chi connectivity index (χ1n) is 3.37. The van der Waals surface area contributed by atoms with Gasteiger partial charge in [-0.1, -0.05) is 31.7 Å². The highest BCUT2D eigenvalue weighted by Crippen LogP contribution is 1.81. The van der Waals surface area contributed by atoms with E-state index in [1.165, 1.54) is 0 Å². The smallest absolute Gasteiger partial charge is 0.0267 e. The molecule has 0 aliphatic rings. The second kappa shape index (κ2) is 7.89. The Labute approximate surface area is 62.5 Å². The van der Waals surface area contributed by atoms with Gasteiger partial charge in [0, 0.05) is 12.4 Å². The topological polar surface area (TPSA) is 12.4 Å². The van der Waals surface area contributed by atoms with Crippen LogP contribution in [0.2, 0.25) is 0 Å². The normalized spacial score (nSPS) is 12.1. The number of hydrogen-bond acceptors (Lipinski definition) is 1. The van der Waals surface area contributed by atoms with Crippen molar-refractivity contribution in [3.8, 4) is 0 Å². The van der Waals surface area contributed by atoms with Crippen LogP contribution in [0.4, 0.5) is 0 Å². The summed E-state index contributed by atoms with van der Waals surface area (Å²) in [6.07, 6.45) is 12.0. The molecule has 1 heteroatoms. The van der Waals surface area contributed by atoms with Crippen LogP contribution < -0.4 is 0 Å². The van der Waals surface area contributed by atoms with Crippen LogP contribution in [-0.2, 0) is 0 Å². The van der Waals surface area contributed by atoms with Gasteiger partial charge in [-0.2, -0.15) is 0 Å². The van der Waals surface area contributed by atoms with Crippen LogP contribution in [0.5, 0.6) is 0 Å². The van der Waals surface area contributed by atoms with Crippen molar-refractivity contribution in [1.82, 2.24) is 0 Å². The lowest BCUT2D eigenvalue weighted by Crippen LogP contribution is -1.56. The minimum atomic E-state index is 1.06. The Hall–Kier alpha value is -1.11. The number of aliphatic imine (C=N–C) groups is 1. The van der Waals surface area contributed by atoms with Gasteiger partial charge >= 0.3 is 0 Å². The van der Waals surface area contributed by atoms with Crippen molar-refractivity contribution in [3.63, 3.8) is 0 Å². The molecule has 54 valence electrons. The average molecular weight is 135 g/mol. The van der Waals surface area contributed by atoms with Gasteiger partial charge in [-0.3, -0.25) is 4.99 Å². The molecule has 0 radical (unpaired) electrons. The van der Waals surface area contributed by atoms with Gasteiger partial charge in [-0.25, -0.2) is 0 Å². The Kier molecular flexibility index (Phi) is 7.01. The molecular weight excluding hydrogens is 122 g/mol. The van der Waals surface area contributed by atoms with E-state index >= 15 is 0 Å². The summed E-state index contributed by atoms with van der Waals surface area (Å²) in [5.41, 5.74) is 0. The Bertz CT molecular complexity index is 152. The molecule has 0 heterocycles. The Morgan fingerprint density at radius 3 is 2.80 bits per heavy atom. The quantitative estimate of drug-likeness (QED) is 0.415. The fourth-order valence-corrected chi connectivity index (χ4v) is 0.425. The zero-order chi connectivity index (χ0) is 7.66. The molecular formula is C9H13N. The van der Waals surface area contributed by atoms with E-state index < -0.39 is 0 Å². The Morgan fingerprint density at radius 1 is 1.40 bits per heavy atom. The summed E-state index contributed by atoms with van der Waals surface area (Å²) in [5, 5.41) is 0. The van der Waals surface area contributed by atoms with Crippen molar-refractivity contribution < 1.29 is 0 Å². The van der Waals surface area contributed by atoms with E-state index in [4.69, 9.17) is 0 Å². The molecule has 0 aromatic heterocycles. The van der Waals surface area contributed by atoms with E-state index in [1.807, 2.05) is 12.2 Å². The third-order valence-corrected chi connectivity index (χ3v) is 0.847. The van der Waals surface area contributed by atoms with E-state index in [9.17, 15) is 0 Å². The minimum Gasteiger partial charge on any atom is -0.265 e. The molecule has 0 saturated carbocycles. The maximum absolute atomic E-state index is 3.89. The van der Waals surface area contributed by atoms with Crippen molar-refractivity contribution in [2.75, 3.05) is 0 Å². The third-order valence-electron chi connectivity index (χ3n) is 0.847. The molecule has 0 N–H and O–H groups in total. The summed E-state index contributed by atoms with van der Waals surface area (Å²) in [5.74, 6) is 0. The lowest BCUT2D eigenvalue weighted by atomic mass is 10.4. The fraction of sp³-hybridized carbons (Fsp3) is 0.222. The van der Waals surface area contributed by atoms with E-state index in [0.717, 1.165) is 6.42 Å². The van der Waals surface area contributed by atoms with Crippen LogP contribution in [0.15, 0.2) is 42.1 Å². The first-order chi connectivity index (χ1) is 4.91. The largest absolute Gasteiger partial charge is 0.265 e. The molecule has 0 amide bonds. The van der Waals surface area contributed by atoms with Gasteiger partial charge in [0.2, 0.25) is 0 Å². The molecule has 10 heavy (non-hydrogen) atoms. The van der Waals surface area contributed by atoms with Crippen molar-refractivity contribution in [3.05, 3.63) is 37.1 Å². The fourth-order valence-electron chi connectivity index (χ4n) is 0.425. The molecule has 0 rings (SSSR count). The van der Waals surface area contributed by atoms with Crippen LogP contribution in [0.3, 0.4) is 0 Å². The van der Waals surface area contributed by atoms with Gasteiger partial charge in [-0.15, -0.1) is 0 Å². The van der Waals surface area contributed by atoms with Gasteiger partial charge in [0.25, 0.3) is 0 Å². The second-order valence-electron chi connectivity index (χ2n) is 1.71. The zero-order valence-corrected chi connectivity index (χ0v) is 6.33. The number of allylic oxidation sites excluding steroid dienone is 4. The molecule has 0 aliphatic carbocycles. The van der Waals surface area contributed by atoms with E-state index in [1.54, 1.807) is 18.5 Å². The highest BCUT2D eigenvalue weighted by Gasteiger charge is 1.61. The molecule has 1 nitrogen and oxygen atoms in total. The lowest BCUT2D eigenvalue weighted by Gasteiger charge is -1.73. The molecule has 0 bridgehead atoms. The number of rotatable bonds is 4. The second-order valence-corrected chi connectivity index (χ2v) is 1.71. The van der Waals surface area contributed by atoms with E-state index in [0.29, 0.717) is 0 Å². The Balaban J connectivity index is 3.46. The third kappa shape index (κ3) is 6.89. The summed E-state index contributed by atoms with van der Waals surface area (Å²) >= 11 is 0. The SMILES string of the molecule is C=CC=N/C=C\C=C\CC. The maximum Gasteiger partial charge on any atom is 0.0267 e. The van der Waals surface area contributed by atoms with Crippen LogP contribution in [0, 0.1) is 0 Å². The van der Waals surface area contributed by atoms with Crippen molar-refractivity contribution in [1.29, 1.82) is 0 Å². The lowest BCUT2D eigenvalue weighted by molar-refractivity contribution is 1.22. The highest BCUT2D eigenvalue weighted by atomic mass is 14.6. The molecule has 0 fully saturated rings. The van der Waals surface area contributed by atoms with Crippen molar-refractivity contribution >= 4 is 6.21 Å². The molecule has 0 saturated heterocycles. The Morgan fingerprint density at radius 2 is 2.20 bits per heavy atom. The van der Waals surface area contributed by atoms with Crippen LogP contribution in [0.1, 0.15) is 13.3 Å². The summed E-state index contributed by atoms with van der Waals surface area (Å²) in [6.45, 7) is 5.59. The van der Waals surface area contributed by atoms with Gasteiger partial charge in [-0.05, 0) is 12.5 Å². The molecule has 0 spiro atoms. The summed E-state index contributed by atoms with van der Waals surface area (Å²) in [7, 11) is 0. The highest BCUT2D eigenvalue weighted by molar-refractivity contribution is 5.70. The predicted octanol–water partition coefficient (Wildman–Crippen LogP) is 2.72. The number of hydrogen-bond donors (Lipinski definition) is 0. The van der Waals surface area contributed by atoms with E-state index in [2.05, 4.69) is 24.6 Å². The van der Waals surface area contributed by atoms with Crippen molar-refractivity contribution in [2.45, 2.75) is 13.3 Å². The molecule has 0 aromatic carbocycles. The molecule has 0 unspecified atom stereocenters. The molecule has 0 aliphatic heterocycles. The first kappa shape index (κ1) is 8.89. The van der Waals surface area contributed by atoms with Gasteiger partial charge in [0.1, 0.15) is 0 Å². The minimum absolute atomic E-state index is 1.06. The molecule has 0 aromatic rings. The first-order valence-corrected chi connectivity index (χ1v) is 3.37. The zero-order valence-electron chi connectivity index (χ0n) is 6.33. The standard InChI is InChI=1S/C9H13N/c1-3-5-6-7-9-10-8-4-2/h4-9H,2-3H2,1H3/b6-5+,9-7-,10-8?.